The highest BCUT2D eigenvalue weighted by molar-refractivity contribution is 5.82. The number of nitrogens with one attached hydrogen (secondary N) is 1. The van der Waals surface area contributed by atoms with Gasteiger partial charge in [-0.05, 0) is 50.0 Å². The summed E-state index contributed by atoms with van der Waals surface area (Å²) < 4.78 is 0. The van der Waals surface area contributed by atoms with Gasteiger partial charge in [0.15, 0.2) is 0 Å². The van der Waals surface area contributed by atoms with Crippen molar-refractivity contribution in [3.8, 4) is 0 Å². The maximum Gasteiger partial charge on any atom is 0.237 e. The molecular weight excluding hydrogens is 358 g/mol. The Morgan fingerprint density at radius 2 is 1.59 bits per heavy atom. The standard InChI is InChI=1S/C25H35N3O/c1-4-27(5-2)18-21-16-17-28(19-21)20(3)25(29)26-24(22-12-8-6-9-13-22)23-14-10-7-11-15-23/h6-15,20-21,24H,4-5,16-19H2,1-3H3,(H,26,29)/t20-,21+/m0/s1. The fraction of sp³-hybridized carbons (Fsp3) is 0.480. The third-order valence-electron chi connectivity index (χ3n) is 6.21. The van der Waals surface area contributed by atoms with Gasteiger partial charge in [0.1, 0.15) is 0 Å². The van der Waals surface area contributed by atoms with Crippen molar-refractivity contribution in [2.75, 3.05) is 32.7 Å². The molecule has 1 aliphatic rings. The summed E-state index contributed by atoms with van der Waals surface area (Å²) in [5.74, 6) is 0.760. The van der Waals surface area contributed by atoms with Crippen molar-refractivity contribution in [3.63, 3.8) is 0 Å². The minimum atomic E-state index is -0.124. The lowest BCUT2D eigenvalue weighted by atomic mass is 9.98. The van der Waals surface area contributed by atoms with E-state index in [2.05, 4.69) is 53.2 Å². The van der Waals surface area contributed by atoms with Crippen LogP contribution in [-0.4, -0.2) is 54.5 Å². The van der Waals surface area contributed by atoms with Crippen LogP contribution in [0.3, 0.4) is 0 Å². The topological polar surface area (TPSA) is 35.6 Å². The van der Waals surface area contributed by atoms with Crippen molar-refractivity contribution in [1.82, 2.24) is 15.1 Å². The van der Waals surface area contributed by atoms with Crippen molar-refractivity contribution in [2.45, 2.75) is 39.3 Å². The second-order valence-electron chi connectivity index (χ2n) is 8.07. The van der Waals surface area contributed by atoms with E-state index >= 15 is 0 Å². The maximum absolute atomic E-state index is 13.2. The molecule has 1 amide bonds. The predicted octanol–water partition coefficient (Wildman–Crippen LogP) is 3.94. The first-order valence-electron chi connectivity index (χ1n) is 11.0. The van der Waals surface area contributed by atoms with Gasteiger partial charge in [0.05, 0.1) is 12.1 Å². The molecule has 4 nitrogen and oxygen atoms in total. The largest absolute Gasteiger partial charge is 0.344 e. The highest BCUT2D eigenvalue weighted by Crippen LogP contribution is 2.24. The summed E-state index contributed by atoms with van der Waals surface area (Å²) in [6.07, 6.45) is 1.18. The first-order chi connectivity index (χ1) is 14.1. The number of nitrogens with zero attached hydrogens (tertiary/aromatic N) is 2. The average Bonchev–Trinajstić information content (AvgIpc) is 3.24. The molecule has 1 N–H and O–H groups in total. The lowest BCUT2D eigenvalue weighted by Crippen LogP contribution is -2.45. The zero-order valence-corrected chi connectivity index (χ0v) is 18.1. The molecule has 3 rings (SSSR count). The van der Waals surface area contributed by atoms with Gasteiger partial charge in [0.25, 0.3) is 0 Å². The number of rotatable bonds is 9. The Bertz CT molecular complexity index is 706. The van der Waals surface area contributed by atoms with E-state index in [4.69, 9.17) is 0 Å². The van der Waals surface area contributed by atoms with Crippen molar-refractivity contribution in [3.05, 3.63) is 71.8 Å². The SMILES string of the molecule is CCN(CC)C[C@H]1CCN([C@@H](C)C(=O)NC(c2ccccc2)c2ccccc2)C1. The Labute approximate surface area is 175 Å². The van der Waals surface area contributed by atoms with E-state index in [1.165, 1.54) is 6.42 Å². The molecule has 0 aromatic heterocycles. The minimum absolute atomic E-state index is 0.103. The summed E-state index contributed by atoms with van der Waals surface area (Å²) in [5.41, 5.74) is 2.22. The Hall–Kier alpha value is -2.17. The molecule has 29 heavy (non-hydrogen) atoms. The third-order valence-corrected chi connectivity index (χ3v) is 6.21. The molecular formula is C25H35N3O. The molecule has 1 saturated heterocycles. The molecule has 2 aromatic carbocycles. The molecule has 0 saturated carbocycles. The second-order valence-corrected chi connectivity index (χ2v) is 8.07. The summed E-state index contributed by atoms with van der Waals surface area (Å²) >= 11 is 0. The van der Waals surface area contributed by atoms with Gasteiger partial charge < -0.3 is 10.2 Å². The van der Waals surface area contributed by atoms with Crippen LogP contribution in [0.25, 0.3) is 0 Å². The summed E-state index contributed by atoms with van der Waals surface area (Å²) in [6.45, 7) is 11.8. The Morgan fingerprint density at radius 3 is 2.10 bits per heavy atom. The highest BCUT2D eigenvalue weighted by Gasteiger charge is 2.31. The van der Waals surface area contributed by atoms with Crippen molar-refractivity contribution < 1.29 is 4.79 Å². The van der Waals surface area contributed by atoms with Crippen LogP contribution in [-0.2, 0) is 4.79 Å². The highest BCUT2D eigenvalue weighted by atomic mass is 16.2. The Morgan fingerprint density at radius 1 is 1.03 bits per heavy atom. The van der Waals surface area contributed by atoms with Crippen molar-refractivity contribution in [2.24, 2.45) is 5.92 Å². The van der Waals surface area contributed by atoms with Crippen LogP contribution in [0.2, 0.25) is 0 Å². The third kappa shape index (κ3) is 5.68. The number of hydrogen-bond donors (Lipinski definition) is 1. The number of hydrogen-bond acceptors (Lipinski definition) is 3. The predicted molar refractivity (Wildman–Crippen MR) is 120 cm³/mol. The second kappa shape index (κ2) is 10.6. The molecule has 4 heteroatoms. The van der Waals surface area contributed by atoms with Crippen LogP contribution in [0.1, 0.15) is 44.4 Å². The molecule has 2 atom stereocenters. The number of benzene rings is 2. The monoisotopic (exact) mass is 393 g/mol. The average molecular weight is 394 g/mol. The normalized spacial score (nSPS) is 18.3. The fourth-order valence-corrected chi connectivity index (χ4v) is 4.29. The molecule has 1 heterocycles. The van der Waals surface area contributed by atoms with Crippen LogP contribution in [0, 0.1) is 5.92 Å². The maximum atomic E-state index is 13.2. The van der Waals surface area contributed by atoms with E-state index in [9.17, 15) is 4.79 Å². The van der Waals surface area contributed by atoms with Gasteiger partial charge >= 0.3 is 0 Å². The van der Waals surface area contributed by atoms with E-state index in [0.717, 1.165) is 43.9 Å². The minimum Gasteiger partial charge on any atom is -0.344 e. The van der Waals surface area contributed by atoms with E-state index in [1.807, 2.05) is 43.3 Å². The molecule has 0 bridgehead atoms. The van der Waals surface area contributed by atoms with Gasteiger partial charge in [0.2, 0.25) is 5.91 Å². The van der Waals surface area contributed by atoms with E-state index in [0.29, 0.717) is 5.92 Å². The number of likely N-dealkylation sites (tertiary alicyclic amines) is 1. The Balaban J connectivity index is 1.65. The summed E-state index contributed by atoms with van der Waals surface area (Å²) in [6, 6.07) is 20.2. The van der Waals surface area contributed by atoms with Crippen LogP contribution < -0.4 is 5.32 Å². The number of carbonyl (C=O) groups excluding carboxylic acids is 1. The van der Waals surface area contributed by atoms with E-state index in [-0.39, 0.29) is 18.0 Å². The van der Waals surface area contributed by atoms with Gasteiger partial charge in [-0.2, -0.15) is 0 Å². The molecule has 1 aliphatic heterocycles. The van der Waals surface area contributed by atoms with Gasteiger partial charge in [-0.3, -0.25) is 9.69 Å². The molecule has 156 valence electrons. The fourth-order valence-electron chi connectivity index (χ4n) is 4.29. The van der Waals surface area contributed by atoms with Crippen LogP contribution in [0.15, 0.2) is 60.7 Å². The van der Waals surface area contributed by atoms with Gasteiger partial charge in [-0.1, -0.05) is 74.5 Å². The first-order valence-corrected chi connectivity index (χ1v) is 11.0. The summed E-state index contributed by atoms with van der Waals surface area (Å²) in [4.78, 5) is 18.0. The van der Waals surface area contributed by atoms with E-state index in [1.54, 1.807) is 0 Å². The quantitative estimate of drug-likeness (QED) is 0.701. The zero-order chi connectivity index (χ0) is 20.6. The van der Waals surface area contributed by atoms with Gasteiger partial charge in [-0.15, -0.1) is 0 Å². The molecule has 2 aromatic rings. The summed E-state index contributed by atoms with van der Waals surface area (Å²) in [7, 11) is 0. The number of carbonyl (C=O) groups is 1. The van der Waals surface area contributed by atoms with Crippen LogP contribution in [0.4, 0.5) is 0 Å². The molecule has 1 fully saturated rings. The molecule has 0 unspecified atom stereocenters. The van der Waals surface area contributed by atoms with Crippen LogP contribution in [0.5, 0.6) is 0 Å². The van der Waals surface area contributed by atoms with Gasteiger partial charge in [0, 0.05) is 13.1 Å². The van der Waals surface area contributed by atoms with E-state index < -0.39 is 0 Å². The summed E-state index contributed by atoms with van der Waals surface area (Å²) in [5, 5.41) is 3.31. The molecule has 0 aliphatic carbocycles. The van der Waals surface area contributed by atoms with Crippen molar-refractivity contribution in [1.29, 1.82) is 0 Å². The van der Waals surface area contributed by atoms with Crippen LogP contribution >= 0.6 is 0 Å². The van der Waals surface area contributed by atoms with Crippen molar-refractivity contribution >= 4 is 5.91 Å². The number of amides is 1. The lowest BCUT2D eigenvalue weighted by molar-refractivity contribution is -0.126. The lowest BCUT2D eigenvalue weighted by Gasteiger charge is -2.28. The Kier molecular flexibility index (Phi) is 7.84. The smallest absolute Gasteiger partial charge is 0.237 e. The zero-order valence-electron chi connectivity index (χ0n) is 18.1. The molecule has 0 spiro atoms. The first kappa shape index (κ1) is 21.5. The van der Waals surface area contributed by atoms with Gasteiger partial charge in [-0.25, -0.2) is 0 Å². The molecule has 0 radical (unpaired) electrons.